The molecule has 1 aromatic heterocycles. The van der Waals surface area contributed by atoms with E-state index in [1.165, 1.54) is 4.88 Å². The molecular formula is C13H20F2N2S. The number of nitrogens with zero attached hydrogens (tertiary/aromatic N) is 1. The maximum Gasteiger partial charge on any atom is 0.248 e. The number of nitrogens with one attached hydrogen (secondary N) is 1. The van der Waals surface area contributed by atoms with Crippen LogP contribution in [0.25, 0.3) is 0 Å². The van der Waals surface area contributed by atoms with Crippen molar-refractivity contribution in [2.75, 3.05) is 6.54 Å². The van der Waals surface area contributed by atoms with Gasteiger partial charge in [-0.1, -0.05) is 6.92 Å². The van der Waals surface area contributed by atoms with Crippen LogP contribution in [0.4, 0.5) is 8.78 Å². The van der Waals surface area contributed by atoms with Crippen LogP contribution < -0.4 is 5.32 Å². The van der Waals surface area contributed by atoms with Crippen molar-refractivity contribution in [2.24, 2.45) is 5.92 Å². The first-order chi connectivity index (χ1) is 8.61. The second kappa shape index (κ2) is 6.06. The smallest absolute Gasteiger partial charge is 0.248 e. The molecule has 2 nitrogen and oxygen atoms in total. The molecular weight excluding hydrogens is 254 g/mol. The fourth-order valence-electron chi connectivity index (χ4n) is 2.69. The number of rotatable bonds is 5. The van der Waals surface area contributed by atoms with E-state index >= 15 is 0 Å². The predicted octanol–water partition coefficient (Wildman–Crippen LogP) is 3.49. The lowest BCUT2D eigenvalue weighted by Gasteiger charge is -2.34. The van der Waals surface area contributed by atoms with Crippen molar-refractivity contribution in [2.45, 2.75) is 51.0 Å². The molecule has 0 amide bonds. The van der Waals surface area contributed by atoms with E-state index in [0.29, 0.717) is 24.8 Å². The Labute approximate surface area is 111 Å². The van der Waals surface area contributed by atoms with Gasteiger partial charge in [-0.2, -0.15) is 0 Å². The van der Waals surface area contributed by atoms with Crippen LogP contribution >= 0.6 is 11.3 Å². The Hall–Kier alpha value is -0.550. The summed E-state index contributed by atoms with van der Waals surface area (Å²) in [7, 11) is 0. The Morgan fingerprint density at radius 1 is 1.50 bits per heavy atom. The first-order valence-corrected chi connectivity index (χ1v) is 7.47. The largest absolute Gasteiger partial charge is 0.314 e. The number of halogens is 2. The zero-order chi connectivity index (χ0) is 13.0. The predicted molar refractivity (Wildman–Crippen MR) is 70.2 cm³/mol. The van der Waals surface area contributed by atoms with Crippen LogP contribution in [0.2, 0.25) is 0 Å². The maximum absolute atomic E-state index is 13.2. The van der Waals surface area contributed by atoms with E-state index in [1.807, 2.05) is 11.7 Å². The van der Waals surface area contributed by atoms with Gasteiger partial charge in [0.05, 0.1) is 5.51 Å². The Morgan fingerprint density at radius 2 is 2.22 bits per heavy atom. The second-order valence-electron chi connectivity index (χ2n) is 5.03. The fraction of sp³-hybridized carbons (Fsp3) is 0.769. The number of hydrogen-bond acceptors (Lipinski definition) is 3. The van der Waals surface area contributed by atoms with Gasteiger partial charge in [-0.05, 0) is 31.7 Å². The van der Waals surface area contributed by atoms with Gasteiger partial charge in [-0.15, -0.1) is 11.3 Å². The second-order valence-corrected chi connectivity index (χ2v) is 6.00. The van der Waals surface area contributed by atoms with E-state index in [2.05, 4.69) is 17.2 Å². The molecule has 0 aliphatic heterocycles. The first kappa shape index (κ1) is 13.9. The zero-order valence-corrected chi connectivity index (χ0v) is 11.5. The molecule has 1 aliphatic carbocycles. The first-order valence-electron chi connectivity index (χ1n) is 6.59. The van der Waals surface area contributed by atoms with Crippen LogP contribution in [0.5, 0.6) is 0 Å². The third-order valence-corrected chi connectivity index (χ3v) is 4.50. The van der Waals surface area contributed by atoms with E-state index in [0.717, 1.165) is 13.0 Å². The molecule has 0 saturated heterocycles. The summed E-state index contributed by atoms with van der Waals surface area (Å²) in [5, 5.41) is 3.45. The molecule has 1 aliphatic rings. The van der Waals surface area contributed by atoms with Crippen LogP contribution in [-0.2, 0) is 6.42 Å². The molecule has 18 heavy (non-hydrogen) atoms. The summed E-state index contributed by atoms with van der Waals surface area (Å²) in [4.78, 5) is 5.31. The summed E-state index contributed by atoms with van der Waals surface area (Å²) in [6.07, 6.45) is 4.14. The summed E-state index contributed by atoms with van der Waals surface area (Å²) in [5.74, 6) is -2.07. The highest BCUT2D eigenvalue weighted by Crippen LogP contribution is 2.38. The van der Waals surface area contributed by atoms with Gasteiger partial charge in [0, 0.05) is 30.0 Å². The minimum absolute atomic E-state index is 0.0439. The van der Waals surface area contributed by atoms with E-state index in [4.69, 9.17) is 0 Å². The lowest BCUT2D eigenvalue weighted by molar-refractivity contribution is -0.0494. The lowest BCUT2D eigenvalue weighted by atomic mass is 9.81. The van der Waals surface area contributed by atoms with Crippen LogP contribution in [0.3, 0.4) is 0 Å². The van der Waals surface area contributed by atoms with Crippen molar-refractivity contribution in [1.82, 2.24) is 10.3 Å². The molecule has 1 aromatic rings. The Morgan fingerprint density at radius 3 is 2.78 bits per heavy atom. The normalized spacial score (nSPS) is 21.9. The van der Waals surface area contributed by atoms with Crippen LogP contribution in [0, 0.1) is 5.92 Å². The molecule has 0 spiro atoms. The Kier molecular flexibility index (Phi) is 4.67. The molecule has 1 heterocycles. The number of hydrogen-bond donors (Lipinski definition) is 1. The number of thiazole rings is 1. The van der Waals surface area contributed by atoms with E-state index < -0.39 is 5.92 Å². The van der Waals surface area contributed by atoms with Gasteiger partial charge in [0.25, 0.3) is 0 Å². The van der Waals surface area contributed by atoms with Gasteiger partial charge in [0.2, 0.25) is 5.92 Å². The molecule has 1 saturated carbocycles. The minimum Gasteiger partial charge on any atom is -0.314 e. The molecule has 1 atom stereocenters. The van der Waals surface area contributed by atoms with Crippen molar-refractivity contribution in [1.29, 1.82) is 0 Å². The highest BCUT2D eigenvalue weighted by Gasteiger charge is 2.37. The Balaban J connectivity index is 1.93. The fourth-order valence-corrected chi connectivity index (χ4v) is 3.35. The van der Waals surface area contributed by atoms with Crippen molar-refractivity contribution in [3.8, 4) is 0 Å². The van der Waals surface area contributed by atoms with Gasteiger partial charge >= 0.3 is 0 Å². The molecule has 5 heteroatoms. The number of likely N-dealkylation sites (N-methyl/N-ethyl adjacent to an activating group) is 1. The highest BCUT2D eigenvalue weighted by atomic mass is 32.1. The summed E-state index contributed by atoms with van der Waals surface area (Å²) in [5.41, 5.74) is 1.83. The third kappa shape index (κ3) is 3.72. The van der Waals surface area contributed by atoms with Crippen molar-refractivity contribution in [3.05, 3.63) is 16.6 Å². The van der Waals surface area contributed by atoms with Gasteiger partial charge in [0.1, 0.15) is 0 Å². The average molecular weight is 274 g/mol. The SMILES string of the molecule is CCNC(Cc1cncs1)C1CCC(F)(F)CC1. The minimum atomic E-state index is -2.43. The van der Waals surface area contributed by atoms with E-state index in [-0.39, 0.29) is 12.8 Å². The van der Waals surface area contributed by atoms with Crippen molar-refractivity contribution in [3.63, 3.8) is 0 Å². The molecule has 1 N–H and O–H groups in total. The zero-order valence-electron chi connectivity index (χ0n) is 10.7. The standard InChI is InChI=1S/C13H20F2N2S/c1-2-17-12(7-11-8-16-9-18-11)10-3-5-13(14,15)6-4-10/h8-10,12,17H,2-7H2,1H3. The van der Waals surface area contributed by atoms with Crippen molar-refractivity contribution >= 4 is 11.3 Å². The van der Waals surface area contributed by atoms with Gasteiger partial charge < -0.3 is 5.32 Å². The molecule has 102 valence electrons. The van der Waals surface area contributed by atoms with Gasteiger partial charge in [-0.25, -0.2) is 8.78 Å². The van der Waals surface area contributed by atoms with E-state index in [1.54, 1.807) is 11.3 Å². The number of aromatic nitrogens is 1. The lowest BCUT2D eigenvalue weighted by Crippen LogP contribution is -2.41. The summed E-state index contributed by atoms with van der Waals surface area (Å²) < 4.78 is 26.4. The quantitative estimate of drug-likeness (QED) is 0.889. The monoisotopic (exact) mass is 274 g/mol. The van der Waals surface area contributed by atoms with Gasteiger partial charge in [-0.3, -0.25) is 4.98 Å². The van der Waals surface area contributed by atoms with E-state index in [9.17, 15) is 8.78 Å². The molecule has 2 rings (SSSR count). The third-order valence-electron chi connectivity index (χ3n) is 3.70. The molecule has 1 fully saturated rings. The highest BCUT2D eigenvalue weighted by molar-refractivity contribution is 7.09. The van der Waals surface area contributed by atoms with Crippen LogP contribution in [-0.4, -0.2) is 23.5 Å². The topological polar surface area (TPSA) is 24.9 Å². The molecule has 0 aromatic carbocycles. The molecule has 1 unspecified atom stereocenters. The van der Waals surface area contributed by atoms with Crippen LogP contribution in [0.1, 0.15) is 37.5 Å². The molecule has 0 radical (unpaired) electrons. The van der Waals surface area contributed by atoms with Crippen LogP contribution in [0.15, 0.2) is 11.7 Å². The summed E-state index contributed by atoms with van der Waals surface area (Å²) in [6.45, 7) is 2.95. The summed E-state index contributed by atoms with van der Waals surface area (Å²) in [6, 6.07) is 0.312. The maximum atomic E-state index is 13.2. The Bertz CT molecular complexity index is 344. The number of alkyl halides is 2. The van der Waals surface area contributed by atoms with Gasteiger partial charge in [0.15, 0.2) is 0 Å². The molecule has 0 bridgehead atoms. The summed E-state index contributed by atoms with van der Waals surface area (Å²) >= 11 is 1.64. The van der Waals surface area contributed by atoms with Crippen molar-refractivity contribution < 1.29 is 8.78 Å². The average Bonchev–Trinajstić information content (AvgIpc) is 2.81.